The maximum Gasteiger partial charge on any atom is 0.129 e. The van der Waals surface area contributed by atoms with Gasteiger partial charge in [0.1, 0.15) is 5.82 Å². The predicted octanol–water partition coefficient (Wildman–Crippen LogP) is 2.53. The Morgan fingerprint density at radius 3 is 2.80 bits per heavy atom. The summed E-state index contributed by atoms with van der Waals surface area (Å²) >= 11 is 0. The molecule has 0 radical (unpaired) electrons. The number of hydrogen-bond donors (Lipinski definition) is 2. The van der Waals surface area contributed by atoms with Gasteiger partial charge in [-0.05, 0) is 43.9 Å². The van der Waals surface area contributed by atoms with E-state index in [2.05, 4.69) is 17.1 Å². The number of aliphatic hydroxyl groups excluding tert-OH is 1. The Kier molecular flexibility index (Phi) is 5.80. The van der Waals surface area contributed by atoms with Crippen LogP contribution >= 0.6 is 0 Å². The average Bonchev–Trinajstić information content (AvgIpc) is 2.94. The molecule has 1 aromatic carbocycles. The Morgan fingerprint density at radius 1 is 1.35 bits per heavy atom. The third-order valence-corrected chi connectivity index (χ3v) is 3.96. The molecule has 0 saturated carbocycles. The first-order chi connectivity index (χ1) is 9.72. The standard InChI is InChI=1S/C16H25FN2O/c1-13(7-10-20)11-18-12-14-15(17)5-4-6-16(14)19-8-2-3-9-19/h4-6,13,18,20H,2-3,7-12H2,1H3. The fourth-order valence-corrected chi connectivity index (χ4v) is 2.74. The van der Waals surface area contributed by atoms with Gasteiger partial charge < -0.3 is 15.3 Å². The number of halogens is 1. The summed E-state index contributed by atoms with van der Waals surface area (Å²) in [5.41, 5.74) is 1.80. The Balaban J connectivity index is 1.98. The predicted molar refractivity (Wildman–Crippen MR) is 80.4 cm³/mol. The molecule has 1 saturated heterocycles. The molecule has 3 nitrogen and oxygen atoms in total. The minimum absolute atomic E-state index is 0.128. The van der Waals surface area contributed by atoms with E-state index >= 15 is 0 Å². The van der Waals surface area contributed by atoms with Crippen LogP contribution < -0.4 is 10.2 Å². The second-order valence-electron chi connectivity index (χ2n) is 5.68. The van der Waals surface area contributed by atoms with Crippen LogP contribution in [0.25, 0.3) is 0 Å². The van der Waals surface area contributed by atoms with Crippen molar-refractivity contribution in [1.29, 1.82) is 0 Å². The summed E-state index contributed by atoms with van der Waals surface area (Å²) in [6.45, 7) is 5.70. The average molecular weight is 280 g/mol. The molecule has 0 spiro atoms. The third kappa shape index (κ3) is 3.93. The lowest BCUT2D eigenvalue weighted by molar-refractivity contribution is 0.260. The molecule has 112 valence electrons. The quantitative estimate of drug-likeness (QED) is 0.805. The van der Waals surface area contributed by atoms with Crippen molar-refractivity contribution in [2.75, 3.05) is 31.1 Å². The molecule has 1 aliphatic heterocycles. The van der Waals surface area contributed by atoms with Crippen molar-refractivity contribution in [1.82, 2.24) is 5.32 Å². The molecule has 0 amide bonds. The molecule has 0 bridgehead atoms. The largest absolute Gasteiger partial charge is 0.396 e. The minimum atomic E-state index is -0.128. The van der Waals surface area contributed by atoms with Crippen molar-refractivity contribution >= 4 is 5.69 Å². The van der Waals surface area contributed by atoms with Crippen molar-refractivity contribution in [3.63, 3.8) is 0 Å². The van der Waals surface area contributed by atoms with Crippen molar-refractivity contribution < 1.29 is 9.50 Å². The summed E-state index contributed by atoms with van der Waals surface area (Å²) in [5.74, 6) is 0.277. The van der Waals surface area contributed by atoms with E-state index in [0.717, 1.165) is 37.3 Å². The second kappa shape index (κ2) is 7.60. The smallest absolute Gasteiger partial charge is 0.129 e. The summed E-state index contributed by atoms with van der Waals surface area (Å²) in [6, 6.07) is 5.34. The molecule has 1 unspecified atom stereocenters. The molecule has 0 aliphatic carbocycles. The molecule has 2 rings (SSSR count). The van der Waals surface area contributed by atoms with Gasteiger partial charge in [-0.25, -0.2) is 4.39 Å². The van der Waals surface area contributed by atoms with Crippen molar-refractivity contribution in [2.24, 2.45) is 5.92 Å². The van der Waals surface area contributed by atoms with Crippen molar-refractivity contribution in [3.05, 3.63) is 29.6 Å². The summed E-state index contributed by atoms with van der Waals surface area (Å²) in [4.78, 5) is 2.28. The molecular weight excluding hydrogens is 255 g/mol. The van der Waals surface area contributed by atoms with Crippen molar-refractivity contribution in [2.45, 2.75) is 32.7 Å². The van der Waals surface area contributed by atoms with Gasteiger partial charge in [-0.15, -0.1) is 0 Å². The van der Waals surface area contributed by atoms with Crippen LogP contribution in [0.4, 0.5) is 10.1 Å². The van der Waals surface area contributed by atoms with Gasteiger partial charge in [-0.1, -0.05) is 13.0 Å². The summed E-state index contributed by atoms with van der Waals surface area (Å²) in [5, 5.41) is 12.2. The van der Waals surface area contributed by atoms with Crippen molar-refractivity contribution in [3.8, 4) is 0 Å². The van der Waals surface area contributed by atoms with E-state index in [1.807, 2.05) is 6.07 Å². The van der Waals surface area contributed by atoms with Gasteiger partial charge in [0.15, 0.2) is 0 Å². The lowest BCUT2D eigenvalue weighted by Gasteiger charge is -2.22. The summed E-state index contributed by atoms with van der Waals surface area (Å²) in [7, 11) is 0. The van der Waals surface area contributed by atoms with Gasteiger partial charge in [0.2, 0.25) is 0 Å². The van der Waals surface area contributed by atoms with Crippen LogP contribution in [-0.2, 0) is 6.54 Å². The van der Waals surface area contributed by atoms with Crippen LogP contribution in [0, 0.1) is 11.7 Å². The molecule has 1 atom stereocenters. The zero-order valence-corrected chi connectivity index (χ0v) is 12.2. The highest BCUT2D eigenvalue weighted by molar-refractivity contribution is 5.54. The van der Waals surface area contributed by atoms with E-state index < -0.39 is 0 Å². The highest BCUT2D eigenvalue weighted by Crippen LogP contribution is 2.26. The molecule has 1 fully saturated rings. The number of nitrogens with zero attached hydrogens (tertiary/aromatic N) is 1. The maximum absolute atomic E-state index is 14.1. The van der Waals surface area contributed by atoms with Gasteiger partial charge in [-0.2, -0.15) is 0 Å². The van der Waals surface area contributed by atoms with Gasteiger partial charge in [0, 0.05) is 37.5 Å². The molecule has 0 aromatic heterocycles. The highest BCUT2D eigenvalue weighted by atomic mass is 19.1. The van der Waals surface area contributed by atoms with Gasteiger partial charge in [0.05, 0.1) is 0 Å². The fraction of sp³-hybridized carbons (Fsp3) is 0.625. The number of aliphatic hydroxyl groups is 1. The lowest BCUT2D eigenvalue weighted by Crippen LogP contribution is -2.25. The highest BCUT2D eigenvalue weighted by Gasteiger charge is 2.17. The zero-order valence-electron chi connectivity index (χ0n) is 12.2. The van der Waals surface area contributed by atoms with E-state index in [1.165, 1.54) is 18.9 Å². The zero-order chi connectivity index (χ0) is 14.4. The van der Waals surface area contributed by atoms with Gasteiger partial charge in [-0.3, -0.25) is 0 Å². The second-order valence-corrected chi connectivity index (χ2v) is 5.68. The lowest BCUT2D eigenvalue weighted by atomic mass is 10.1. The maximum atomic E-state index is 14.1. The van der Waals surface area contributed by atoms with Crippen LogP contribution in [0.1, 0.15) is 31.7 Å². The minimum Gasteiger partial charge on any atom is -0.396 e. The first-order valence-electron chi connectivity index (χ1n) is 7.56. The Hall–Kier alpha value is -1.13. The van der Waals surface area contributed by atoms with Crippen LogP contribution in [0.15, 0.2) is 18.2 Å². The Bertz CT molecular complexity index is 419. The fourth-order valence-electron chi connectivity index (χ4n) is 2.74. The first kappa shape index (κ1) is 15.3. The molecule has 1 aromatic rings. The molecule has 20 heavy (non-hydrogen) atoms. The van der Waals surface area contributed by atoms with Gasteiger partial charge in [0.25, 0.3) is 0 Å². The van der Waals surface area contributed by atoms with E-state index in [0.29, 0.717) is 12.5 Å². The molecular formula is C16H25FN2O. The Labute approximate surface area is 120 Å². The summed E-state index contributed by atoms with van der Waals surface area (Å²) < 4.78 is 14.1. The normalized spacial score (nSPS) is 16.6. The number of rotatable bonds is 7. The van der Waals surface area contributed by atoms with Gasteiger partial charge >= 0.3 is 0 Å². The molecule has 4 heteroatoms. The number of nitrogens with one attached hydrogen (secondary N) is 1. The van der Waals surface area contributed by atoms with E-state index in [9.17, 15) is 4.39 Å². The third-order valence-electron chi connectivity index (χ3n) is 3.96. The Morgan fingerprint density at radius 2 is 2.10 bits per heavy atom. The molecule has 2 N–H and O–H groups in total. The van der Waals surface area contributed by atoms with Crippen LogP contribution in [0.5, 0.6) is 0 Å². The summed E-state index contributed by atoms with van der Waals surface area (Å²) in [6.07, 6.45) is 3.16. The monoisotopic (exact) mass is 280 g/mol. The van der Waals surface area contributed by atoms with E-state index in [-0.39, 0.29) is 12.4 Å². The molecule has 1 aliphatic rings. The SMILES string of the molecule is CC(CCO)CNCc1c(F)cccc1N1CCCC1. The van der Waals surface area contributed by atoms with E-state index in [1.54, 1.807) is 6.07 Å². The number of anilines is 1. The van der Waals surface area contributed by atoms with Crippen LogP contribution in [0.2, 0.25) is 0 Å². The topological polar surface area (TPSA) is 35.5 Å². The molecule has 1 heterocycles. The van der Waals surface area contributed by atoms with Crippen LogP contribution in [0.3, 0.4) is 0 Å². The first-order valence-corrected chi connectivity index (χ1v) is 7.56. The van der Waals surface area contributed by atoms with E-state index in [4.69, 9.17) is 5.11 Å². The number of hydrogen-bond acceptors (Lipinski definition) is 3. The number of benzene rings is 1. The van der Waals surface area contributed by atoms with Crippen LogP contribution in [-0.4, -0.2) is 31.3 Å².